The van der Waals surface area contributed by atoms with Gasteiger partial charge in [-0.25, -0.2) is 0 Å². The lowest BCUT2D eigenvalue weighted by Crippen LogP contribution is -2.26. The molecule has 144 valence electrons. The minimum atomic E-state index is -0.163. The molecule has 0 bridgehead atoms. The quantitative estimate of drug-likeness (QED) is 0.776. The molecule has 0 aliphatic carbocycles. The average molecular weight is 373 g/mol. The lowest BCUT2D eigenvalue weighted by atomic mass is 10.1. The number of nitrogens with zero attached hydrogens (tertiary/aromatic N) is 1. The molecular formula is C20H23NO6. The molecule has 0 N–H and O–H groups in total. The van der Waals surface area contributed by atoms with Crippen LogP contribution in [0.4, 0.5) is 0 Å². The minimum absolute atomic E-state index is 0.163. The van der Waals surface area contributed by atoms with Crippen LogP contribution in [0.3, 0.4) is 0 Å². The highest BCUT2D eigenvalue weighted by Crippen LogP contribution is 2.38. The largest absolute Gasteiger partial charge is 0.493 e. The van der Waals surface area contributed by atoms with Gasteiger partial charge in [0.05, 0.1) is 21.3 Å². The molecule has 0 fully saturated rings. The van der Waals surface area contributed by atoms with Crippen LogP contribution in [0.5, 0.6) is 28.7 Å². The minimum Gasteiger partial charge on any atom is -0.493 e. The number of hydrogen-bond donors (Lipinski definition) is 0. The van der Waals surface area contributed by atoms with Crippen LogP contribution in [0.1, 0.15) is 15.9 Å². The average Bonchev–Trinajstić information content (AvgIpc) is 2.71. The smallest absolute Gasteiger partial charge is 0.254 e. The summed E-state index contributed by atoms with van der Waals surface area (Å²) in [6.45, 7) is 1.49. The van der Waals surface area contributed by atoms with Crippen LogP contribution in [0.15, 0.2) is 30.3 Å². The Kier molecular flexibility index (Phi) is 5.59. The SMILES string of the molecule is COc1cc(C(=O)N(C)Cc2ccc3c(c2)OCCO3)cc(OC)c1OC. The van der Waals surface area contributed by atoms with Crippen LogP contribution >= 0.6 is 0 Å². The summed E-state index contributed by atoms with van der Waals surface area (Å²) >= 11 is 0. The van der Waals surface area contributed by atoms with Crippen molar-refractivity contribution >= 4 is 5.91 Å². The normalized spacial score (nSPS) is 12.3. The summed E-state index contributed by atoms with van der Waals surface area (Å²) < 4.78 is 27.1. The van der Waals surface area contributed by atoms with Crippen LogP contribution in [-0.2, 0) is 6.54 Å². The molecule has 0 radical (unpaired) electrons. The Hall–Kier alpha value is -3.09. The van der Waals surface area contributed by atoms with Gasteiger partial charge in [-0.1, -0.05) is 6.07 Å². The van der Waals surface area contributed by atoms with E-state index in [1.54, 1.807) is 24.1 Å². The fourth-order valence-electron chi connectivity index (χ4n) is 2.96. The van der Waals surface area contributed by atoms with Crippen molar-refractivity contribution in [2.24, 2.45) is 0 Å². The van der Waals surface area contributed by atoms with E-state index in [2.05, 4.69) is 0 Å². The van der Waals surface area contributed by atoms with E-state index in [-0.39, 0.29) is 5.91 Å². The first-order valence-corrected chi connectivity index (χ1v) is 8.51. The Morgan fingerprint density at radius 2 is 1.59 bits per heavy atom. The molecule has 1 amide bonds. The molecule has 0 atom stereocenters. The second-order valence-corrected chi connectivity index (χ2v) is 6.05. The molecule has 7 heteroatoms. The monoisotopic (exact) mass is 373 g/mol. The third-order valence-electron chi connectivity index (χ3n) is 4.28. The number of amides is 1. The van der Waals surface area contributed by atoms with Crippen molar-refractivity contribution in [3.05, 3.63) is 41.5 Å². The van der Waals surface area contributed by atoms with E-state index in [1.165, 1.54) is 21.3 Å². The van der Waals surface area contributed by atoms with Crippen LogP contribution < -0.4 is 23.7 Å². The Balaban J connectivity index is 1.81. The number of carbonyl (C=O) groups excluding carboxylic acids is 1. The van der Waals surface area contributed by atoms with E-state index in [4.69, 9.17) is 23.7 Å². The maximum atomic E-state index is 12.9. The van der Waals surface area contributed by atoms with Crippen molar-refractivity contribution in [1.29, 1.82) is 0 Å². The number of fused-ring (bicyclic) bond motifs is 1. The molecule has 1 aliphatic heterocycles. The summed E-state index contributed by atoms with van der Waals surface area (Å²) in [5.74, 6) is 2.59. The number of methoxy groups -OCH3 is 3. The molecule has 7 nitrogen and oxygen atoms in total. The molecule has 0 spiro atoms. The van der Waals surface area contributed by atoms with Gasteiger partial charge in [-0.3, -0.25) is 4.79 Å². The first-order valence-electron chi connectivity index (χ1n) is 8.51. The molecule has 27 heavy (non-hydrogen) atoms. The maximum Gasteiger partial charge on any atom is 0.254 e. The van der Waals surface area contributed by atoms with Crippen LogP contribution in [0.25, 0.3) is 0 Å². The highest BCUT2D eigenvalue weighted by atomic mass is 16.6. The van der Waals surface area contributed by atoms with Crippen LogP contribution in [-0.4, -0.2) is 52.4 Å². The summed E-state index contributed by atoms with van der Waals surface area (Å²) in [7, 11) is 6.30. The number of benzene rings is 2. The summed E-state index contributed by atoms with van der Waals surface area (Å²) in [5, 5.41) is 0. The first-order chi connectivity index (χ1) is 13.1. The highest BCUT2D eigenvalue weighted by Gasteiger charge is 2.20. The van der Waals surface area contributed by atoms with E-state index in [0.29, 0.717) is 48.3 Å². The van der Waals surface area contributed by atoms with Gasteiger partial charge in [0, 0.05) is 19.2 Å². The van der Waals surface area contributed by atoms with Gasteiger partial charge < -0.3 is 28.6 Å². The Morgan fingerprint density at radius 1 is 0.963 bits per heavy atom. The van der Waals surface area contributed by atoms with E-state index in [1.807, 2.05) is 18.2 Å². The van der Waals surface area contributed by atoms with Crippen LogP contribution in [0, 0.1) is 0 Å². The molecule has 1 heterocycles. The molecule has 0 aromatic heterocycles. The van der Waals surface area contributed by atoms with Gasteiger partial charge in [0.1, 0.15) is 13.2 Å². The van der Waals surface area contributed by atoms with Gasteiger partial charge in [-0.15, -0.1) is 0 Å². The summed E-state index contributed by atoms with van der Waals surface area (Å²) in [6.07, 6.45) is 0. The van der Waals surface area contributed by atoms with Crippen molar-refractivity contribution in [2.75, 3.05) is 41.6 Å². The van der Waals surface area contributed by atoms with E-state index >= 15 is 0 Å². The fourth-order valence-corrected chi connectivity index (χ4v) is 2.96. The number of rotatable bonds is 6. The molecule has 2 aromatic rings. The molecule has 3 rings (SSSR count). The molecular weight excluding hydrogens is 350 g/mol. The van der Waals surface area contributed by atoms with Crippen molar-refractivity contribution in [2.45, 2.75) is 6.54 Å². The Labute approximate surface area is 158 Å². The fraction of sp³-hybridized carbons (Fsp3) is 0.350. The molecule has 1 aliphatic rings. The number of ether oxygens (including phenoxy) is 5. The third kappa shape index (κ3) is 3.86. The second kappa shape index (κ2) is 8.07. The lowest BCUT2D eigenvalue weighted by Gasteiger charge is -2.22. The lowest BCUT2D eigenvalue weighted by molar-refractivity contribution is 0.0784. The molecule has 2 aromatic carbocycles. The Bertz CT molecular complexity index is 810. The summed E-state index contributed by atoms with van der Waals surface area (Å²) in [5.41, 5.74) is 1.40. The van der Waals surface area contributed by atoms with Gasteiger partial charge in [-0.2, -0.15) is 0 Å². The topological polar surface area (TPSA) is 66.5 Å². The first kappa shape index (κ1) is 18.7. The zero-order chi connectivity index (χ0) is 19.4. The van der Waals surface area contributed by atoms with Crippen molar-refractivity contribution < 1.29 is 28.5 Å². The van der Waals surface area contributed by atoms with Crippen LogP contribution in [0.2, 0.25) is 0 Å². The van der Waals surface area contributed by atoms with E-state index < -0.39 is 0 Å². The van der Waals surface area contributed by atoms with Crippen molar-refractivity contribution in [3.8, 4) is 28.7 Å². The molecule has 0 unspecified atom stereocenters. The van der Waals surface area contributed by atoms with Crippen molar-refractivity contribution in [1.82, 2.24) is 4.90 Å². The molecule has 0 saturated carbocycles. The van der Waals surface area contributed by atoms with E-state index in [9.17, 15) is 4.79 Å². The van der Waals surface area contributed by atoms with Gasteiger partial charge in [0.15, 0.2) is 23.0 Å². The third-order valence-corrected chi connectivity index (χ3v) is 4.28. The van der Waals surface area contributed by atoms with E-state index in [0.717, 1.165) is 11.3 Å². The van der Waals surface area contributed by atoms with Crippen molar-refractivity contribution in [3.63, 3.8) is 0 Å². The summed E-state index contributed by atoms with van der Waals surface area (Å²) in [4.78, 5) is 14.5. The highest BCUT2D eigenvalue weighted by molar-refractivity contribution is 5.95. The zero-order valence-corrected chi connectivity index (χ0v) is 15.9. The summed E-state index contributed by atoms with van der Waals surface area (Å²) in [6, 6.07) is 8.97. The van der Waals surface area contributed by atoms with Gasteiger partial charge >= 0.3 is 0 Å². The predicted octanol–water partition coefficient (Wildman–Crippen LogP) is 2.76. The second-order valence-electron chi connectivity index (χ2n) is 6.05. The Morgan fingerprint density at radius 3 is 2.19 bits per heavy atom. The van der Waals surface area contributed by atoms with Gasteiger partial charge in [-0.05, 0) is 29.8 Å². The number of hydrogen-bond acceptors (Lipinski definition) is 6. The predicted molar refractivity (Wildman–Crippen MR) is 99.3 cm³/mol. The van der Waals surface area contributed by atoms with Gasteiger partial charge in [0.25, 0.3) is 5.91 Å². The zero-order valence-electron chi connectivity index (χ0n) is 15.9. The number of carbonyl (C=O) groups is 1. The molecule has 0 saturated heterocycles. The van der Waals surface area contributed by atoms with Gasteiger partial charge in [0.2, 0.25) is 5.75 Å². The standard InChI is InChI=1S/C20H23NO6/c1-21(12-13-5-6-15-16(9-13)27-8-7-26-15)20(22)14-10-17(23-2)19(25-4)18(11-14)24-3/h5-6,9-11H,7-8,12H2,1-4H3. The maximum absolute atomic E-state index is 12.9.